The van der Waals surface area contributed by atoms with Gasteiger partial charge in [-0.25, -0.2) is 0 Å². The highest BCUT2D eigenvalue weighted by atomic mass is 16.6. The summed E-state index contributed by atoms with van der Waals surface area (Å²) in [6, 6.07) is 5.65. The number of nitro groups is 1. The Labute approximate surface area is 115 Å². The van der Waals surface area contributed by atoms with Crippen molar-refractivity contribution in [2.75, 3.05) is 6.61 Å². The maximum Gasteiger partial charge on any atom is 0.320 e. The summed E-state index contributed by atoms with van der Waals surface area (Å²) in [6.07, 6.45) is 2.25. The van der Waals surface area contributed by atoms with E-state index in [0.29, 0.717) is 0 Å². The third kappa shape index (κ3) is 3.92. The maximum atomic E-state index is 11.1. The molecule has 1 atom stereocenters. The first-order valence-electron chi connectivity index (χ1n) is 6.43. The fourth-order valence-corrected chi connectivity index (χ4v) is 1.83. The molecular formula is C13H16N2O5. The van der Waals surface area contributed by atoms with Gasteiger partial charge in [0.05, 0.1) is 11.5 Å². The zero-order chi connectivity index (χ0) is 14.5. The highest BCUT2D eigenvalue weighted by Gasteiger charge is 2.28. The van der Waals surface area contributed by atoms with Crippen molar-refractivity contribution >= 4 is 11.7 Å². The van der Waals surface area contributed by atoms with Gasteiger partial charge >= 0.3 is 11.7 Å². The quantitative estimate of drug-likeness (QED) is 0.553. The molecule has 0 aromatic heterocycles. The smallest absolute Gasteiger partial charge is 0.320 e. The van der Waals surface area contributed by atoms with Crippen LogP contribution in [-0.4, -0.2) is 34.7 Å². The molecule has 1 aromatic carbocycles. The zero-order valence-electron chi connectivity index (χ0n) is 10.8. The number of benzene rings is 1. The van der Waals surface area contributed by atoms with Crippen molar-refractivity contribution in [3.63, 3.8) is 0 Å². The summed E-state index contributed by atoms with van der Waals surface area (Å²) in [5.74, 6) is -0.767. The van der Waals surface area contributed by atoms with Gasteiger partial charge in [0.15, 0.2) is 5.75 Å². The topological polar surface area (TPSA) is 102 Å². The summed E-state index contributed by atoms with van der Waals surface area (Å²) in [5.41, 5.74) is -0.116. The molecule has 1 unspecified atom stereocenters. The summed E-state index contributed by atoms with van der Waals surface area (Å²) in [5, 5.41) is 22.9. The highest BCUT2D eigenvalue weighted by Crippen LogP contribution is 2.26. The Morgan fingerprint density at radius 3 is 2.80 bits per heavy atom. The van der Waals surface area contributed by atoms with Crippen LogP contribution in [-0.2, 0) is 4.79 Å². The van der Waals surface area contributed by atoms with Gasteiger partial charge in [-0.05, 0) is 18.9 Å². The van der Waals surface area contributed by atoms with Gasteiger partial charge in [-0.1, -0.05) is 12.1 Å². The van der Waals surface area contributed by atoms with E-state index in [4.69, 9.17) is 9.84 Å². The average Bonchev–Trinajstić information content (AvgIpc) is 3.21. The summed E-state index contributed by atoms with van der Waals surface area (Å²) in [4.78, 5) is 21.3. The maximum absolute atomic E-state index is 11.1. The second kappa shape index (κ2) is 6.33. The fourth-order valence-electron chi connectivity index (χ4n) is 1.83. The first-order chi connectivity index (χ1) is 9.58. The number of hydrogen-bond acceptors (Lipinski definition) is 5. The van der Waals surface area contributed by atoms with E-state index in [-0.39, 0.29) is 30.5 Å². The van der Waals surface area contributed by atoms with Crippen LogP contribution < -0.4 is 10.1 Å². The van der Waals surface area contributed by atoms with E-state index in [1.807, 2.05) is 0 Å². The number of carboxylic acids is 1. The Bertz CT molecular complexity index is 501. The average molecular weight is 280 g/mol. The molecule has 1 saturated carbocycles. The van der Waals surface area contributed by atoms with Crippen LogP contribution in [0.3, 0.4) is 0 Å². The highest BCUT2D eigenvalue weighted by molar-refractivity contribution is 5.73. The lowest BCUT2D eigenvalue weighted by Crippen LogP contribution is -2.39. The molecule has 7 nitrogen and oxygen atoms in total. The third-order valence-corrected chi connectivity index (χ3v) is 3.04. The molecule has 0 amide bonds. The Morgan fingerprint density at radius 2 is 2.20 bits per heavy atom. The molecule has 1 aromatic rings. The van der Waals surface area contributed by atoms with E-state index in [0.717, 1.165) is 12.8 Å². The Balaban J connectivity index is 1.88. The third-order valence-electron chi connectivity index (χ3n) is 3.04. The molecule has 0 heterocycles. The van der Waals surface area contributed by atoms with Crippen molar-refractivity contribution in [2.45, 2.75) is 31.3 Å². The van der Waals surface area contributed by atoms with Crippen molar-refractivity contribution in [3.8, 4) is 5.75 Å². The number of nitrogens with zero attached hydrogens (tertiary/aromatic N) is 1. The van der Waals surface area contributed by atoms with E-state index in [2.05, 4.69) is 5.32 Å². The summed E-state index contributed by atoms with van der Waals surface area (Å²) < 4.78 is 5.34. The minimum Gasteiger partial charge on any atom is -0.487 e. The molecule has 7 heteroatoms. The molecular weight excluding hydrogens is 264 g/mol. The predicted octanol–water partition coefficient (Wildman–Crippen LogP) is 1.57. The van der Waals surface area contributed by atoms with Crippen molar-refractivity contribution < 1.29 is 19.6 Å². The van der Waals surface area contributed by atoms with Crippen molar-refractivity contribution in [1.82, 2.24) is 5.32 Å². The molecule has 0 bridgehead atoms. The van der Waals surface area contributed by atoms with Crippen LogP contribution in [0.4, 0.5) is 5.69 Å². The number of carboxylic acid groups (broad SMARTS) is 1. The number of nitro benzene ring substituents is 1. The number of carbonyl (C=O) groups is 1. The molecule has 1 aliphatic carbocycles. The molecule has 1 aliphatic rings. The Kier molecular flexibility index (Phi) is 4.52. The van der Waals surface area contributed by atoms with Gasteiger partial charge in [0.1, 0.15) is 6.04 Å². The van der Waals surface area contributed by atoms with Gasteiger partial charge in [0.25, 0.3) is 0 Å². The molecule has 0 spiro atoms. The summed E-state index contributed by atoms with van der Waals surface area (Å²) in [7, 11) is 0. The monoisotopic (exact) mass is 280 g/mol. The molecule has 0 saturated heterocycles. The van der Waals surface area contributed by atoms with Crippen molar-refractivity contribution in [3.05, 3.63) is 34.4 Å². The second-order valence-corrected chi connectivity index (χ2v) is 4.69. The molecule has 20 heavy (non-hydrogen) atoms. The number of aliphatic carboxylic acids is 1. The van der Waals surface area contributed by atoms with E-state index < -0.39 is 16.9 Å². The van der Waals surface area contributed by atoms with Crippen LogP contribution in [0.1, 0.15) is 19.3 Å². The van der Waals surface area contributed by atoms with Gasteiger partial charge in [-0.2, -0.15) is 0 Å². The molecule has 0 radical (unpaired) electrons. The van der Waals surface area contributed by atoms with Crippen LogP contribution >= 0.6 is 0 Å². The number of nitrogens with one attached hydrogen (secondary N) is 1. The number of hydrogen-bond donors (Lipinski definition) is 2. The van der Waals surface area contributed by atoms with Crippen molar-refractivity contribution in [1.29, 1.82) is 0 Å². The van der Waals surface area contributed by atoms with Crippen LogP contribution in [0.25, 0.3) is 0 Å². The molecule has 1 fully saturated rings. The van der Waals surface area contributed by atoms with Crippen LogP contribution in [0, 0.1) is 10.1 Å². The number of para-hydroxylation sites is 2. The normalized spacial score (nSPS) is 15.6. The Morgan fingerprint density at radius 1 is 1.50 bits per heavy atom. The van der Waals surface area contributed by atoms with Gasteiger partial charge in [-0.15, -0.1) is 0 Å². The predicted molar refractivity (Wildman–Crippen MR) is 70.8 cm³/mol. The summed E-state index contributed by atoms with van der Waals surface area (Å²) in [6.45, 7) is 0.113. The lowest BCUT2D eigenvalue weighted by molar-refractivity contribution is -0.385. The largest absolute Gasteiger partial charge is 0.487 e. The number of rotatable bonds is 8. The standard InChI is InChI=1S/C13H16N2O5/c16-13(17)10(14-9-5-6-9)7-8-20-12-4-2-1-3-11(12)15(18)19/h1-4,9-10,14H,5-8H2,(H,16,17). The first kappa shape index (κ1) is 14.3. The SMILES string of the molecule is O=C(O)C(CCOc1ccccc1[N+](=O)[O-])NC1CC1. The van der Waals surface area contributed by atoms with Gasteiger partial charge in [-0.3, -0.25) is 14.9 Å². The summed E-state index contributed by atoms with van der Waals surface area (Å²) >= 11 is 0. The van der Waals surface area contributed by atoms with E-state index >= 15 is 0 Å². The van der Waals surface area contributed by atoms with Gasteiger partial charge in [0.2, 0.25) is 0 Å². The Hall–Kier alpha value is -2.15. The molecule has 2 N–H and O–H groups in total. The molecule has 108 valence electrons. The van der Waals surface area contributed by atoms with Gasteiger partial charge in [0, 0.05) is 18.5 Å². The van der Waals surface area contributed by atoms with E-state index in [1.54, 1.807) is 12.1 Å². The second-order valence-electron chi connectivity index (χ2n) is 4.69. The first-order valence-corrected chi connectivity index (χ1v) is 6.43. The van der Waals surface area contributed by atoms with Crippen molar-refractivity contribution in [2.24, 2.45) is 0 Å². The zero-order valence-corrected chi connectivity index (χ0v) is 10.8. The van der Waals surface area contributed by atoms with Gasteiger partial charge < -0.3 is 15.2 Å². The van der Waals surface area contributed by atoms with E-state index in [1.165, 1.54) is 12.1 Å². The minimum absolute atomic E-state index is 0.113. The van der Waals surface area contributed by atoms with E-state index in [9.17, 15) is 14.9 Å². The molecule has 0 aliphatic heterocycles. The minimum atomic E-state index is -0.928. The lowest BCUT2D eigenvalue weighted by atomic mass is 10.2. The number of ether oxygens (including phenoxy) is 1. The van der Waals surface area contributed by atoms with Crippen LogP contribution in [0.5, 0.6) is 5.75 Å². The van der Waals surface area contributed by atoms with Crippen LogP contribution in [0.15, 0.2) is 24.3 Å². The molecule has 2 rings (SSSR count). The lowest BCUT2D eigenvalue weighted by Gasteiger charge is -2.14. The fraction of sp³-hybridized carbons (Fsp3) is 0.462. The van der Waals surface area contributed by atoms with Crippen LogP contribution in [0.2, 0.25) is 0 Å².